The van der Waals surface area contributed by atoms with Gasteiger partial charge >= 0.3 is 5.97 Å². The average molecular weight is 482 g/mol. The summed E-state index contributed by atoms with van der Waals surface area (Å²) in [6, 6.07) is 25.2. The number of rotatable bonds is 8. The summed E-state index contributed by atoms with van der Waals surface area (Å²) in [5, 5.41) is 7.28. The number of carbonyl (C=O) groups is 2. The predicted molar refractivity (Wildman–Crippen MR) is 140 cm³/mol. The molecular formula is C29H27N3O4. The molecule has 0 unspecified atom stereocenters. The van der Waals surface area contributed by atoms with Crippen molar-refractivity contribution in [1.82, 2.24) is 9.78 Å². The zero-order chi connectivity index (χ0) is 25.5. The van der Waals surface area contributed by atoms with Crippen LogP contribution in [-0.4, -0.2) is 28.3 Å². The second kappa shape index (κ2) is 11.3. The van der Waals surface area contributed by atoms with Crippen molar-refractivity contribution in [3.05, 3.63) is 106 Å². The molecule has 0 spiro atoms. The van der Waals surface area contributed by atoms with Crippen molar-refractivity contribution < 1.29 is 14.3 Å². The lowest BCUT2D eigenvalue weighted by atomic mass is 9.95. The Morgan fingerprint density at radius 1 is 0.889 bits per heavy atom. The van der Waals surface area contributed by atoms with Crippen molar-refractivity contribution in [2.24, 2.45) is 7.05 Å². The number of esters is 1. The molecule has 4 aromatic rings. The minimum absolute atomic E-state index is 0.0632. The number of aromatic nitrogens is 2. The Hall–Kier alpha value is -4.52. The monoisotopic (exact) mass is 481 g/mol. The first-order valence-corrected chi connectivity index (χ1v) is 11.8. The second-order valence-corrected chi connectivity index (χ2v) is 8.25. The molecule has 4 rings (SSSR count). The molecule has 1 heterocycles. The second-order valence-electron chi connectivity index (χ2n) is 8.25. The Morgan fingerprint density at radius 3 is 2.17 bits per heavy atom. The number of ether oxygens (including phenoxy) is 1. The van der Waals surface area contributed by atoms with Gasteiger partial charge in [-0.2, -0.15) is 5.10 Å². The number of nitrogens with zero attached hydrogens (tertiary/aromatic N) is 2. The van der Waals surface area contributed by atoms with E-state index in [0.29, 0.717) is 23.4 Å². The summed E-state index contributed by atoms with van der Waals surface area (Å²) in [6.07, 6.45) is 1.64. The van der Waals surface area contributed by atoms with Crippen molar-refractivity contribution in [3.63, 3.8) is 0 Å². The third-order valence-electron chi connectivity index (χ3n) is 5.71. The Kier molecular flexibility index (Phi) is 7.70. The lowest BCUT2D eigenvalue weighted by Crippen LogP contribution is -2.31. The number of aryl methyl sites for hydroxylation is 1. The first-order chi connectivity index (χ1) is 17.5. The van der Waals surface area contributed by atoms with E-state index in [1.54, 1.807) is 24.3 Å². The van der Waals surface area contributed by atoms with Crippen molar-refractivity contribution in [2.45, 2.75) is 19.8 Å². The molecule has 0 radical (unpaired) electrons. The van der Waals surface area contributed by atoms with E-state index in [1.165, 1.54) is 7.05 Å². The van der Waals surface area contributed by atoms with Crippen molar-refractivity contribution in [3.8, 4) is 22.4 Å². The summed E-state index contributed by atoms with van der Waals surface area (Å²) < 4.78 is 6.50. The highest BCUT2D eigenvalue weighted by atomic mass is 16.5. The summed E-state index contributed by atoms with van der Waals surface area (Å²) >= 11 is 0. The molecule has 1 aromatic heterocycles. The first kappa shape index (κ1) is 24.6. The lowest BCUT2D eigenvalue weighted by Gasteiger charge is -2.16. The molecule has 0 aliphatic carbocycles. The molecule has 1 N–H and O–H groups in total. The van der Waals surface area contributed by atoms with Gasteiger partial charge in [-0.1, -0.05) is 86.1 Å². The zero-order valence-corrected chi connectivity index (χ0v) is 20.2. The molecule has 7 heteroatoms. The highest BCUT2D eigenvalue weighted by Crippen LogP contribution is 2.32. The standard InChI is InChI=1S/C29H27N3O4/c1-3-4-19-36-29(35)22-17-11-12-18-23(22)30-27(33)25-24(20-13-7-5-8-14-20)26(31-32(2)28(25)34)21-15-9-6-10-16-21/h5-18H,3-4,19H2,1-2H3,(H,30,33). The van der Waals surface area contributed by atoms with Gasteiger partial charge < -0.3 is 10.1 Å². The number of nitrogens with one attached hydrogen (secondary N) is 1. The summed E-state index contributed by atoms with van der Waals surface area (Å²) in [7, 11) is 1.51. The van der Waals surface area contributed by atoms with Gasteiger partial charge in [0.2, 0.25) is 0 Å². The normalized spacial score (nSPS) is 10.6. The van der Waals surface area contributed by atoms with Crippen molar-refractivity contribution in [2.75, 3.05) is 11.9 Å². The summed E-state index contributed by atoms with van der Waals surface area (Å²) in [5.41, 5.74) is 2.24. The number of carbonyl (C=O) groups excluding carboxylic acids is 2. The highest BCUT2D eigenvalue weighted by molar-refractivity contribution is 6.12. The number of anilines is 1. The first-order valence-electron chi connectivity index (χ1n) is 11.8. The van der Waals surface area contributed by atoms with E-state index >= 15 is 0 Å². The molecule has 7 nitrogen and oxygen atoms in total. The van der Waals surface area contributed by atoms with Crippen LogP contribution in [0.3, 0.4) is 0 Å². The van der Waals surface area contributed by atoms with E-state index in [2.05, 4.69) is 10.4 Å². The maximum absolute atomic E-state index is 13.7. The Labute approximate surface area is 209 Å². The van der Waals surface area contributed by atoms with Gasteiger partial charge in [-0.25, -0.2) is 9.48 Å². The van der Waals surface area contributed by atoms with Gasteiger partial charge in [-0.15, -0.1) is 0 Å². The molecule has 0 saturated carbocycles. The maximum atomic E-state index is 13.7. The number of para-hydroxylation sites is 1. The highest BCUT2D eigenvalue weighted by Gasteiger charge is 2.25. The quantitative estimate of drug-likeness (QED) is 0.272. The number of hydrogen-bond acceptors (Lipinski definition) is 5. The van der Waals surface area contributed by atoms with Crippen LogP contribution in [0.4, 0.5) is 5.69 Å². The number of unbranched alkanes of at least 4 members (excludes halogenated alkanes) is 1. The molecule has 3 aromatic carbocycles. The zero-order valence-electron chi connectivity index (χ0n) is 20.2. The number of hydrogen-bond donors (Lipinski definition) is 1. The van der Waals surface area contributed by atoms with E-state index in [9.17, 15) is 14.4 Å². The maximum Gasteiger partial charge on any atom is 0.340 e. The summed E-state index contributed by atoms with van der Waals surface area (Å²) in [4.78, 5) is 39.7. The molecule has 0 saturated heterocycles. The van der Waals surface area contributed by atoms with Gasteiger partial charge in [-0.3, -0.25) is 9.59 Å². The largest absolute Gasteiger partial charge is 0.462 e. The van der Waals surface area contributed by atoms with Crippen LogP contribution < -0.4 is 10.9 Å². The van der Waals surface area contributed by atoms with Crippen LogP contribution in [0.1, 0.15) is 40.5 Å². The van der Waals surface area contributed by atoms with Crippen LogP contribution in [0.2, 0.25) is 0 Å². The molecule has 0 bridgehead atoms. The minimum Gasteiger partial charge on any atom is -0.462 e. The molecule has 0 aliphatic heterocycles. The number of benzene rings is 3. The third-order valence-corrected chi connectivity index (χ3v) is 5.71. The fourth-order valence-corrected chi connectivity index (χ4v) is 3.87. The molecule has 182 valence electrons. The van der Waals surface area contributed by atoms with Gasteiger partial charge in [0.25, 0.3) is 11.5 Å². The Morgan fingerprint density at radius 2 is 1.50 bits per heavy atom. The molecule has 0 fully saturated rings. The van der Waals surface area contributed by atoms with Gasteiger partial charge in [0.1, 0.15) is 5.56 Å². The molecule has 0 aliphatic rings. The smallest absolute Gasteiger partial charge is 0.340 e. The fraction of sp³-hybridized carbons (Fsp3) is 0.172. The van der Waals surface area contributed by atoms with Gasteiger partial charge in [0.15, 0.2) is 0 Å². The van der Waals surface area contributed by atoms with Crippen molar-refractivity contribution in [1.29, 1.82) is 0 Å². The number of amides is 1. The predicted octanol–water partition coefficient (Wildman–Crippen LogP) is 5.32. The average Bonchev–Trinajstić information content (AvgIpc) is 2.91. The van der Waals surface area contributed by atoms with E-state index in [4.69, 9.17) is 4.74 Å². The van der Waals surface area contributed by atoms with E-state index < -0.39 is 17.4 Å². The van der Waals surface area contributed by atoms with E-state index in [0.717, 1.165) is 23.1 Å². The molecule has 36 heavy (non-hydrogen) atoms. The Balaban J connectivity index is 1.83. The van der Waals surface area contributed by atoms with Crippen LogP contribution in [0.5, 0.6) is 0 Å². The SMILES string of the molecule is CCCCOC(=O)c1ccccc1NC(=O)c1c(-c2ccccc2)c(-c2ccccc2)nn(C)c1=O. The van der Waals surface area contributed by atoms with Crippen LogP contribution >= 0.6 is 0 Å². The minimum atomic E-state index is -0.636. The summed E-state index contributed by atoms with van der Waals surface area (Å²) in [6.45, 7) is 2.30. The lowest BCUT2D eigenvalue weighted by molar-refractivity contribution is 0.0501. The van der Waals surface area contributed by atoms with Crippen LogP contribution in [0.15, 0.2) is 89.7 Å². The van der Waals surface area contributed by atoms with Gasteiger partial charge in [0.05, 0.1) is 23.6 Å². The molecular weight excluding hydrogens is 454 g/mol. The van der Waals surface area contributed by atoms with Crippen LogP contribution in [0.25, 0.3) is 22.4 Å². The molecule has 1 amide bonds. The fourth-order valence-electron chi connectivity index (χ4n) is 3.87. The van der Waals surface area contributed by atoms with E-state index in [-0.39, 0.29) is 16.8 Å². The summed E-state index contributed by atoms with van der Waals surface area (Å²) in [5.74, 6) is -1.17. The van der Waals surface area contributed by atoms with Crippen molar-refractivity contribution >= 4 is 17.6 Å². The molecule has 0 atom stereocenters. The Bertz CT molecular complexity index is 1430. The van der Waals surface area contributed by atoms with E-state index in [1.807, 2.05) is 67.6 Å². The third kappa shape index (κ3) is 5.25. The van der Waals surface area contributed by atoms with Crippen LogP contribution in [-0.2, 0) is 11.8 Å². The van der Waals surface area contributed by atoms with Gasteiger partial charge in [-0.05, 0) is 24.1 Å². The van der Waals surface area contributed by atoms with Crippen LogP contribution in [0, 0.1) is 0 Å². The topological polar surface area (TPSA) is 90.3 Å². The van der Waals surface area contributed by atoms with Gasteiger partial charge in [0, 0.05) is 18.2 Å².